The maximum absolute atomic E-state index is 12.8. The number of aryl methyl sites for hydroxylation is 2. The molecule has 0 aliphatic rings. The van der Waals surface area contributed by atoms with Crippen molar-refractivity contribution in [2.45, 2.75) is 33.1 Å². The topological polar surface area (TPSA) is 50.7 Å². The Labute approximate surface area is 143 Å². The molecular weight excluding hydrogens is 318 g/mol. The third-order valence-electron chi connectivity index (χ3n) is 4.33. The average molecular weight is 337 g/mol. The fraction of sp³-hybridized carbons (Fsp3) is 0.263. The number of hydrogen-bond acceptors (Lipinski definition) is 3. The van der Waals surface area contributed by atoms with Crippen molar-refractivity contribution in [2.24, 2.45) is 0 Å². The highest BCUT2D eigenvalue weighted by Crippen LogP contribution is 2.25. The number of nitrogens with one attached hydrogen (secondary N) is 1. The summed E-state index contributed by atoms with van der Waals surface area (Å²) in [5, 5.41) is 5.84. The predicted molar refractivity (Wildman–Crippen MR) is 100 cm³/mol. The Morgan fingerprint density at radius 2 is 2.08 bits per heavy atom. The maximum Gasteiger partial charge on any atom is 0.281 e. The minimum absolute atomic E-state index is 0.0381. The van der Waals surface area contributed by atoms with Gasteiger partial charge in [0.2, 0.25) is 0 Å². The molecule has 0 fully saturated rings. The quantitative estimate of drug-likeness (QED) is 0.592. The van der Waals surface area contributed by atoms with Gasteiger partial charge in [-0.25, -0.2) is 4.68 Å². The first kappa shape index (κ1) is 15.1. The van der Waals surface area contributed by atoms with Gasteiger partial charge in [0.25, 0.3) is 5.56 Å². The Kier molecular flexibility index (Phi) is 3.73. The number of unbranched alkanes of at least 4 members (excludes halogenated alkanes) is 1. The van der Waals surface area contributed by atoms with E-state index < -0.39 is 0 Å². The van der Waals surface area contributed by atoms with Crippen LogP contribution >= 0.6 is 11.3 Å². The third-order valence-corrected chi connectivity index (χ3v) is 5.46. The molecule has 0 unspecified atom stereocenters. The van der Waals surface area contributed by atoms with E-state index in [1.54, 1.807) is 22.2 Å². The highest BCUT2D eigenvalue weighted by atomic mass is 32.1. The molecule has 1 aromatic carbocycles. The van der Waals surface area contributed by atoms with Crippen LogP contribution in [-0.2, 0) is 6.42 Å². The number of thiophene rings is 1. The summed E-state index contributed by atoms with van der Waals surface area (Å²) in [5.41, 5.74) is 2.89. The van der Waals surface area contributed by atoms with Gasteiger partial charge in [-0.2, -0.15) is 0 Å². The van der Waals surface area contributed by atoms with Crippen molar-refractivity contribution >= 4 is 33.1 Å². The van der Waals surface area contributed by atoms with Crippen LogP contribution in [0.25, 0.3) is 26.8 Å². The molecule has 0 atom stereocenters. The Bertz CT molecular complexity index is 1090. The van der Waals surface area contributed by atoms with Gasteiger partial charge in [0.15, 0.2) is 0 Å². The van der Waals surface area contributed by atoms with Gasteiger partial charge in [-0.1, -0.05) is 25.5 Å². The van der Waals surface area contributed by atoms with Crippen LogP contribution < -0.4 is 5.56 Å². The van der Waals surface area contributed by atoms with E-state index in [2.05, 4.69) is 23.1 Å². The Balaban J connectivity index is 1.87. The van der Waals surface area contributed by atoms with Crippen LogP contribution in [0.4, 0.5) is 0 Å². The van der Waals surface area contributed by atoms with Crippen molar-refractivity contribution in [2.75, 3.05) is 0 Å². The van der Waals surface area contributed by atoms with E-state index in [-0.39, 0.29) is 5.56 Å². The van der Waals surface area contributed by atoms with Crippen molar-refractivity contribution in [3.63, 3.8) is 0 Å². The molecule has 0 aliphatic heterocycles. The molecule has 3 heterocycles. The summed E-state index contributed by atoms with van der Waals surface area (Å²) < 4.78 is 1.64. The van der Waals surface area contributed by atoms with Crippen LogP contribution in [0.3, 0.4) is 0 Å². The largest absolute Gasteiger partial charge is 0.289 e. The summed E-state index contributed by atoms with van der Waals surface area (Å²) in [4.78, 5) is 18.5. The van der Waals surface area contributed by atoms with Gasteiger partial charge in [0.1, 0.15) is 5.00 Å². The van der Waals surface area contributed by atoms with Crippen molar-refractivity contribution in [3.05, 3.63) is 57.3 Å². The van der Waals surface area contributed by atoms with E-state index >= 15 is 0 Å². The Morgan fingerprint density at radius 1 is 1.21 bits per heavy atom. The number of rotatable bonds is 4. The molecule has 4 rings (SSSR count). The molecular formula is C19H19N3OS. The second-order valence-corrected chi connectivity index (χ2v) is 7.31. The molecule has 0 bridgehead atoms. The molecule has 0 amide bonds. The van der Waals surface area contributed by atoms with Gasteiger partial charge in [-0.05, 0) is 43.5 Å². The molecule has 4 aromatic rings. The fourth-order valence-corrected chi connectivity index (χ4v) is 4.00. The summed E-state index contributed by atoms with van der Waals surface area (Å²) in [6.07, 6.45) is 5.10. The molecule has 0 radical (unpaired) electrons. The lowest BCUT2D eigenvalue weighted by Crippen LogP contribution is -2.12. The molecule has 0 aliphatic carbocycles. The number of fused-ring (bicyclic) bond motifs is 3. The molecule has 5 heteroatoms. The molecule has 3 aromatic heterocycles. The van der Waals surface area contributed by atoms with E-state index in [4.69, 9.17) is 0 Å². The maximum atomic E-state index is 12.8. The average Bonchev–Trinajstić information content (AvgIpc) is 3.17. The van der Waals surface area contributed by atoms with Crippen LogP contribution in [0.5, 0.6) is 0 Å². The van der Waals surface area contributed by atoms with E-state index in [1.807, 2.05) is 31.2 Å². The second-order valence-electron chi connectivity index (χ2n) is 6.16. The molecule has 4 nitrogen and oxygen atoms in total. The number of benzene rings is 1. The monoisotopic (exact) mass is 337 g/mol. The molecule has 24 heavy (non-hydrogen) atoms. The van der Waals surface area contributed by atoms with Crippen LogP contribution in [0.2, 0.25) is 0 Å². The standard InChI is InChI=1S/C19H19N3OS/c1-3-4-5-13-7-9-17(24-13)22-19(23)15-11-20-16-10-12(2)6-8-14(16)18(15)21-22/h6-11,21H,3-5H2,1-2H3. The zero-order chi connectivity index (χ0) is 16.7. The highest BCUT2D eigenvalue weighted by Gasteiger charge is 2.13. The van der Waals surface area contributed by atoms with Crippen molar-refractivity contribution in [3.8, 4) is 5.00 Å². The number of nitrogens with zero attached hydrogens (tertiary/aromatic N) is 2. The lowest BCUT2D eigenvalue weighted by Gasteiger charge is -1.99. The van der Waals surface area contributed by atoms with Gasteiger partial charge in [0, 0.05) is 16.5 Å². The zero-order valence-electron chi connectivity index (χ0n) is 13.8. The van der Waals surface area contributed by atoms with Crippen LogP contribution in [0, 0.1) is 6.92 Å². The lowest BCUT2D eigenvalue weighted by atomic mass is 10.1. The molecule has 0 spiro atoms. The second kappa shape index (κ2) is 5.91. The summed E-state index contributed by atoms with van der Waals surface area (Å²) in [7, 11) is 0. The number of H-pyrrole nitrogens is 1. The smallest absolute Gasteiger partial charge is 0.281 e. The van der Waals surface area contributed by atoms with E-state index in [0.29, 0.717) is 5.39 Å². The first-order valence-corrected chi connectivity index (χ1v) is 9.08. The van der Waals surface area contributed by atoms with Gasteiger partial charge < -0.3 is 0 Å². The van der Waals surface area contributed by atoms with Crippen molar-refractivity contribution in [1.29, 1.82) is 0 Å². The molecule has 0 saturated carbocycles. The zero-order valence-corrected chi connectivity index (χ0v) is 14.6. The number of pyridine rings is 1. The van der Waals surface area contributed by atoms with Crippen LogP contribution in [0.15, 0.2) is 41.3 Å². The first-order valence-electron chi connectivity index (χ1n) is 8.26. The molecule has 122 valence electrons. The summed E-state index contributed by atoms with van der Waals surface area (Å²) in [6.45, 7) is 4.24. The summed E-state index contributed by atoms with van der Waals surface area (Å²) >= 11 is 1.67. The van der Waals surface area contributed by atoms with E-state index in [0.717, 1.165) is 33.4 Å². The predicted octanol–water partition coefficient (Wildman–Crippen LogP) is 4.58. The van der Waals surface area contributed by atoms with Crippen molar-refractivity contribution in [1.82, 2.24) is 14.8 Å². The molecule has 1 N–H and O–H groups in total. The van der Waals surface area contributed by atoms with Gasteiger partial charge >= 0.3 is 0 Å². The Morgan fingerprint density at radius 3 is 2.92 bits per heavy atom. The van der Waals surface area contributed by atoms with Crippen LogP contribution in [0.1, 0.15) is 30.2 Å². The lowest BCUT2D eigenvalue weighted by molar-refractivity contribution is 0.804. The summed E-state index contributed by atoms with van der Waals surface area (Å²) in [6, 6.07) is 10.3. The third kappa shape index (κ3) is 2.45. The highest BCUT2D eigenvalue weighted by molar-refractivity contribution is 7.14. The van der Waals surface area contributed by atoms with Crippen LogP contribution in [-0.4, -0.2) is 14.8 Å². The first-order chi connectivity index (χ1) is 11.7. The van der Waals surface area contributed by atoms with Gasteiger partial charge in [-0.3, -0.25) is 14.9 Å². The number of hydrogen-bond donors (Lipinski definition) is 1. The molecule has 0 saturated heterocycles. The van der Waals surface area contributed by atoms with E-state index in [1.165, 1.54) is 17.7 Å². The number of aromatic nitrogens is 3. The minimum atomic E-state index is -0.0381. The summed E-state index contributed by atoms with van der Waals surface area (Å²) in [5.74, 6) is 0. The SMILES string of the molecule is CCCCc1ccc(-n2[nH]c3c(cnc4cc(C)ccc43)c2=O)s1. The fourth-order valence-electron chi connectivity index (χ4n) is 3.00. The van der Waals surface area contributed by atoms with E-state index in [9.17, 15) is 4.79 Å². The van der Waals surface area contributed by atoms with Gasteiger partial charge in [0.05, 0.1) is 16.4 Å². The van der Waals surface area contributed by atoms with Gasteiger partial charge in [-0.15, -0.1) is 11.3 Å². The Hall–Kier alpha value is -2.40. The number of aromatic amines is 1. The minimum Gasteiger partial charge on any atom is -0.289 e. The van der Waals surface area contributed by atoms with Crippen molar-refractivity contribution < 1.29 is 0 Å². The normalized spacial score (nSPS) is 11.6.